The molecular weight excluding hydrogens is 366 g/mol. The van der Waals surface area contributed by atoms with E-state index in [2.05, 4.69) is 5.32 Å². The molecule has 2 heterocycles. The van der Waals surface area contributed by atoms with E-state index in [1.54, 1.807) is 29.5 Å². The largest absolute Gasteiger partial charge is 0.311 e. The summed E-state index contributed by atoms with van der Waals surface area (Å²) in [5.74, 6) is -0.449. The minimum atomic E-state index is -3.68. The van der Waals surface area contributed by atoms with Crippen molar-refractivity contribution in [3.8, 4) is 0 Å². The fourth-order valence-electron chi connectivity index (χ4n) is 2.93. The molecule has 1 aliphatic rings. The Labute approximate surface area is 146 Å². The molecule has 5 nitrogen and oxygen atoms in total. The summed E-state index contributed by atoms with van der Waals surface area (Å²) in [6, 6.07) is 11.5. The molecule has 1 aromatic carbocycles. The molecule has 2 aromatic rings. The van der Waals surface area contributed by atoms with Gasteiger partial charge in [0, 0.05) is 17.5 Å². The Bertz CT molecular complexity index is 875. The van der Waals surface area contributed by atoms with Crippen molar-refractivity contribution in [2.24, 2.45) is 0 Å². The van der Waals surface area contributed by atoms with Crippen LogP contribution >= 0.6 is 11.3 Å². The molecule has 0 spiro atoms. The van der Waals surface area contributed by atoms with Gasteiger partial charge in [0.2, 0.25) is 0 Å². The quantitative estimate of drug-likeness (QED) is 0.815. The van der Waals surface area contributed by atoms with E-state index in [1.165, 1.54) is 17.0 Å². The number of benzene rings is 1. The molecule has 0 unspecified atom stereocenters. The van der Waals surface area contributed by atoms with Gasteiger partial charge in [-0.15, -0.1) is 11.3 Å². The second-order valence-electron chi connectivity index (χ2n) is 5.86. The molecule has 24 heavy (non-hydrogen) atoms. The van der Waals surface area contributed by atoms with Crippen LogP contribution < -0.4 is 5.32 Å². The number of rotatable bonds is 6. The molecule has 130 valence electrons. The highest BCUT2D eigenvalue weighted by atomic mass is 32.2. The predicted molar refractivity (Wildman–Crippen MR) is 95.9 cm³/mol. The lowest BCUT2D eigenvalue weighted by atomic mass is 10.2. The van der Waals surface area contributed by atoms with E-state index < -0.39 is 31.0 Å². The second kappa shape index (κ2) is 6.95. The molecule has 0 radical (unpaired) electrons. The fraction of sp³-hybridized carbons (Fsp3) is 0.375. The van der Waals surface area contributed by atoms with E-state index in [0.717, 1.165) is 6.42 Å². The van der Waals surface area contributed by atoms with Crippen LogP contribution in [0.4, 0.5) is 0 Å². The lowest BCUT2D eigenvalue weighted by Crippen LogP contribution is -2.44. The number of hydrogen-bond acceptors (Lipinski definition) is 6. The third-order valence-corrected chi connectivity index (χ3v) is 9.23. The Kier molecular flexibility index (Phi) is 5.10. The Morgan fingerprint density at radius 1 is 1.08 bits per heavy atom. The summed E-state index contributed by atoms with van der Waals surface area (Å²) < 4.78 is 49.7. The van der Waals surface area contributed by atoms with Crippen LogP contribution in [-0.4, -0.2) is 46.2 Å². The Balaban J connectivity index is 1.76. The minimum absolute atomic E-state index is 0.131. The number of sulfone groups is 2. The van der Waals surface area contributed by atoms with Crippen LogP contribution in [0.2, 0.25) is 0 Å². The van der Waals surface area contributed by atoms with Crippen molar-refractivity contribution in [2.75, 3.05) is 18.1 Å². The van der Waals surface area contributed by atoms with Crippen LogP contribution in [0.15, 0.2) is 52.7 Å². The van der Waals surface area contributed by atoms with Crippen LogP contribution in [0.3, 0.4) is 0 Å². The zero-order valence-electron chi connectivity index (χ0n) is 13.0. The van der Waals surface area contributed by atoms with Crippen molar-refractivity contribution >= 4 is 31.0 Å². The summed E-state index contributed by atoms with van der Waals surface area (Å²) in [7, 11) is -7.04. The lowest BCUT2D eigenvalue weighted by molar-refractivity contribution is 0.529. The van der Waals surface area contributed by atoms with Gasteiger partial charge in [-0.05, 0) is 30.0 Å². The zero-order valence-corrected chi connectivity index (χ0v) is 15.4. The zero-order chi connectivity index (χ0) is 17.2. The topological polar surface area (TPSA) is 80.3 Å². The molecule has 1 aromatic heterocycles. The molecule has 8 heteroatoms. The van der Waals surface area contributed by atoms with Gasteiger partial charge in [0.15, 0.2) is 19.7 Å². The van der Waals surface area contributed by atoms with E-state index in [-0.39, 0.29) is 16.4 Å². The average molecular weight is 386 g/mol. The summed E-state index contributed by atoms with van der Waals surface area (Å²) in [6.45, 7) is 0.557. The first kappa shape index (κ1) is 17.6. The summed E-state index contributed by atoms with van der Waals surface area (Å²) in [4.78, 5) is 1.36. The summed E-state index contributed by atoms with van der Waals surface area (Å²) >= 11 is 1.63. The molecule has 2 atom stereocenters. The van der Waals surface area contributed by atoms with Gasteiger partial charge in [-0.1, -0.05) is 24.3 Å². The van der Waals surface area contributed by atoms with Gasteiger partial charge in [0.05, 0.1) is 21.7 Å². The molecular formula is C16H19NO4S3. The molecule has 0 saturated carbocycles. The van der Waals surface area contributed by atoms with Crippen molar-refractivity contribution in [1.29, 1.82) is 0 Å². The molecule has 1 N–H and O–H groups in total. The second-order valence-corrected chi connectivity index (χ2v) is 11.2. The van der Waals surface area contributed by atoms with Crippen LogP contribution in [0, 0.1) is 0 Å². The van der Waals surface area contributed by atoms with Crippen LogP contribution in [0.5, 0.6) is 0 Å². The Hall–Kier alpha value is -1.22. The number of thiophene rings is 1. The third-order valence-electron chi connectivity index (χ3n) is 4.13. The SMILES string of the molecule is O=S1(=O)C[C@H](NCCc2cccs2)[C@@H](S(=O)(=O)c2ccccc2)C1. The van der Waals surface area contributed by atoms with Crippen molar-refractivity contribution in [2.45, 2.75) is 22.6 Å². The van der Waals surface area contributed by atoms with Gasteiger partial charge in [0.25, 0.3) is 0 Å². The third kappa shape index (κ3) is 3.88. The van der Waals surface area contributed by atoms with E-state index in [4.69, 9.17) is 0 Å². The van der Waals surface area contributed by atoms with Gasteiger partial charge in [-0.2, -0.15) is 0 Å². The van der Waals surface area contributed by atoms with Crippen LogP contribution in [-0.2, 0) is 26.1 Å². The van der Waals surface area contributed by atoms with E-state index in [1.807, 2.05) is 17.5 Å². The number of hydrogen-bond donors (Lipinski definition) is 1. The maximum absolute atomic E-state index is 12.8. The Morgan fingerprint density at radius 3 is 2.50 bits per heavy atom. The van der Waals surface area contributed by atoms with Crippen LogP contribution in [0.25, 0.3) is 0 Å². The first-order valence-corrected chi connectivity index (χ1v) is 11.9. The first-order valence-electron chi connectivity index (χ1n) is 7.64. The van der Waals surface area contributed by atoms with Gasteiger partial charge < -0.3 is 5.32 Å². The molecule has 0 amide bonds. The summed E-state index contributed by atoms with van der Waals surface area (Å²) in [6.07, 6.45) is 0.756. The average Bonchev–Trinajstić information content (AvgIpc) is 3.16. The highest BCUT2D eigenvalue weighted by Crippen LogP contribution is 2.26. The predicted octanol–water partition coefficient (Wildman–Crippen LogP) is 1.52. The maximum atomic E-state index is 12.8. The highest BCUT2D eigenvalue weighted by molar-refractivity contribution is 7.96. The molecule has 0 aliphatic carbocycles. The van der Waals surface area contributed by atoms with Crippen molar-refractivity contribution in [3.63, 3.8) is 0 Å². The molecule has 0 bridgehead atoms. The van der Waals surface area contributed by atoms with Crippen LogP contribution in [0.1, 0.15) is 4.88 Å². The molecule has 1 aliphatic heterocycles. The molecule has 1 saturated heterocycles. The van der Waals surface area contributed by atoms with Crippen molar-refractivity contribution in [1.82, 2.24) is 5.32 Å². The van der Waals surface area contributed by atoms with E-state index in [0.29, 0.717) is 6.54 Å². The molecule has 3 rings (SSSR count). The maximum Gasteiger partial charge on any atom is 0.183 e. The van der Waals surface area contributed by atoms with Crippen molar-refractivity contribution in [3.05, 3.63) is 52.7 Å². The van der Waals surface area contributed by atoms with E-state index in [9.17, 15) is 16.8 Å². The minimum Gasteiger partial charge on any atom is -0.311 e. The van der Waals surface area contributed by atoms with Crippen molar-refractivity contribution < 1.29 is 16.8 Å². The normalized spacial score (nSPS) is 23.3. The van der Waals surface area contributed by atoms with Gasteiger partial charge in [-0.3, -0.25) is 0 Å². The van der Waals surface area contributed by atoms with Gasteiger partial charge in [-0.25, -0.2) is 16.8 Å². The fourth-order valence-corrected chi connectivity index (χ4v) is 8.38. The first-order chi connectivity index (χ1) is 11.4. The van der Waals surface area contributed by atoms with E-state index >= 15 is 0 Å². The highest BCUT2D eigenvalue weighted by Gasteiger charge is 2.45. The van der Waals surface area contributed by atoms with Gasteiger partial charge in [0.1, 0.15) is 0 Å². The Morgan fingerprint density at radius 2 is 1.83 bits per heavy atom. The lowest BCUT2D eigenvalue weighted by Gasteiger charge is -2.19. The monoisotopic (exact) mass is 385 g/mol. The standard InChI is InChI=1S/C16H19NO4S3/c18-23(19)11-15(17-9-8-13-5-4-10-22-13)16(12-23)24(20,21)14-6-2-1-3-7-14/h1-7,10,15-17H,8-9,11-12H2/t15-,16-/m0/s1. The number of nitrogens with one attached hydrogen (secondary N) is 1. The molecule has 1 fully saturated rings. The smallest absolute Gasteiger partial charge is 0.183 e. The summed E-state index contributed by atoms with van der Waals surface area (Å²) in [5, 5.41) is 4.20. The summed E-state index contributed by atoms with van der Waals surface area (Å²) in [5.41, 5.74) is 0. The van der Waals surface area contributed by atoms with Gasteiger partial charge >= 0.3 is 0 Å².